The number of hydrogen-bond donors (Lipinski definition) is 1. The Bertz CT molecular complexity index is 561. The van der Waals surface area contributed by atoms with Crippen LogP contribution in [0.15, 0.2) is 22.7 Å². The van der Waals surface area contributed by atoms with Gasteiger partial charge in [0.2, 0.25) is 0 Å². The van der Waals surface area contributed by atoms with Crippen LogP contribution in [0.4, 0.5) is 0 Å². The first-order valence-electron chi connectivity index (χ1n) is 5.26. The van der Waals surface area contributed by atoms with Crippen LogP contribution >= 0.6 is 0 Å². The van der Waals surface area contributed by atoms with E-state index in [0.29, 0.717) is 5.76 Å². The molecule has 0 saturated carbocycles. The Hall–Kier alpha value is -2.10. The molecule has 0 fully saturated rings. The summed E-state index contributed by atoms with van der Waals surface area (Å²) < 4.78 is 5.22. The second kappa shape index (κ2) is 4.05. The van der Waals surface area contributed by atoms with E-state index < -0.39 is 5.97 Å². The van der Waals surface area contributed by atoms with Crippen LogP contribution in [0.1, 0.15) is 27.4 Å². The predicted molar refractivity (Wildman–Crippen MR) is 63.1 cm³/mol. The summed E-state index contributed by atoms with van der Waals surface area (Å²) in [5.74, 6) is -0.935. The third kappa shape index (κ3) is 2.06. The Balaban J connectivity index is 2.56. The molecule has 1 heterocycles. The van der Waals surface area contributed by atoms with Crippen LogP contribution in [-0.2, 0) is 0 Å². The third-order valence-electron chi connectivity index (χ3n) is 2.61. The summed E-state index contributed by atoms with van der Waals surface area (Å²) in [6.07, 6.45) is 1.45. The van der Waals surface area contributed by atoms with Crippen LogP contribution in [0.3, 0.4) is 0 Å². The zero-order valence-corrected chi connectivity index (χ0v) is 9.94. The SMILES string of the molecule is Cc1cc(C)c(-c2cnc(C(=O)O)o2)c(C)c1. The predicted octanol–water partition coefficient (Wildman–Crippen LogP) is 2.97. The van der Waals surface area contributed by atoms with E-state index >= 15 is 0 Å². The van der Waals surface area contributed by atoms with Crippen LogP contribution in [0, 0.1) is 20.8 Å². The largest absolute Gasteiger partial charge is 0.474 e. The van der Waals surface area contributed by atoms with Gasteiger partial charge in [0.1, 0.15) is 0 Å². The number of nitrogens with zero attached hydrogens (tertiary/aromatic N) is 1. The van der Waals surface area contributed by atoms with Gasteiger partial charge in [0, 0.05) is 5.56 Å². The summed E-state index contributed by atoms with van der Waals surface area (Å²) in [5, 5.41) is 8.77. The number of benzene rings is 1. The number of carboxylic acid groups (broad SMARTS) is 1. The van der Waals surface area contributed by atoms with Gasteiger partial charge in [0.15, 0.2) is 5.76 Å². The van der Waals surface area contributed by atoms with Crippen LogP contribution in [-0.4, -0.2) is 16.1 Å². The van der Waals surface area contributed by atoms with Gasteiger partial charge in [0.25, 0.3) is 0 Å². The molecule has 0 unspecified atom stereocenters. The number of carboxylic acids is 1. The summed E-state index contributed by atoms with van der Waals surface area (Å²) >= 11 is 0. The molecule has 2 aromatic rings. The minimum Gasteiger partial charge on any atom is -0.474 e. The Labute approximate surface area is 98.9 Å². The van der Waals surface area contributed by atoms with Crippen molar-refractivity contribution < 1.29 is 14.3 Å². The highest BCUT2D eigenvalue weighted by atomic mass is 16.4. The molecule has 0 saturated heterocycles. The quantitative estimate of drug-likeness (QED) is 0.863. The molecule has 0 aliphatic carbocycles. The highest BCUT2D eigenvalue weighted by Gasteiger charge is 2.15. The van der Waals surface area contributed by atoms with Crippen LogP contribution in [0.25, 0.3) is 11.3 Å². The number of hydrogen-bond acceptors (Lipinski definition) is 3. The first-order valence-corrected chi connectivity index (χ1v) is 5.26. The summed E-state index contributed by atoms with van der Waals surface area (Å²) in [4.78, 5) is 14.4. The van der Waals surface area contributed by atoms with E-state index in [-0.39, 0.29) is 5.89 Å². The van der Waals surface area contributed by atoms with Crippen molar-refractivity contribution in [3.8, 4) is 11.3 Å². The molecule has 0 aliphatic heterocycles. The molecule has 0 bridgehead atoms. The van der Waals surface area contributed by atoms with Gasteiger partial charge < -0.3 is 9.52 Å². The van der Waals surface area contributed by atoms with E-state index in [9.17, 15) is 4.79 Å². The third-order valence-corrected chi connectivity index (χ3v) is 2.61. The normalized spacial score (nSPS) is 10.5. The highest BCUT2D eigenvalue weighted by molar-refractivity contribution is 5.83. The van der Waals surface area contributed by atoms with E-state index in [0.717, 1.165) is 16.7 Å². The number of aromatic carboxylic acids is 1. The average molecular weight is 231 g/mol. The van der Waals surface area contributed by atoms with Gasteiger partial charge in [-0.05, 0) is 31.9 Å². The maximum atomic E-state index is 10.7. The molecule has 1 N–H and O–H groups in total. The topological polar surface area (TPSA) is 63.3 Å². The van der Waals surface area contributed by atoms with Crippen molar-refractivity contribution in [1.29, 1.82) is 0 Å². The zero-order chi connectivity index (χ0) is 12.6. The van der Waals surface area contributed by atoms with Crippen LogP contribution < -0.4 is 0 Å². The van der Waals surface area contributed by atoms with Crippen molar-refractivity contribution in [2.24, 2.45) is 0 Å². The van der Waals surface area contributed by atoms with Gasteiger partial charge in [-0.1, -0.05) is 17.7 Å². The summed E-state index contributed by atoms with van der Waals surface area (Å²) in [6, 6.07) is 4.07. The maximum Gasteiger partial charge on any atom is 0.392 e. The van der Waals surface area contributed by atoms with Gasteiger partial charge >= 0.3 is 11.9 Å². The standard InChI is InChI=1S/C13H13NO3/c1-7-4-8(2)11(9(3)5-7)10-6-14-12(17-10)13(15)16/h4-6H,1-3H3,(H,15,16). The van der Waals surface area contributed by atoms with Crippen molar-refractivity contribution >= 4 is 5.97 Å². The Morgan fingerprint density at radius 1 is 1.24 bits per heavy atom. The number of oxazole rings is 1. The van der Waals surface area contributed by atoms with Crippen molar-refractivity contribution in [3.05, 3.63) is 40.9 Å². The van der Waals surface area contributed by atoms with E-state index in [1.807, 2.05) is 32.9 Å². The molecule has 88 valence electrons. The molecular formula is C13H13NO3. The first kappa shape index (κ1) is 11.4. The lowest BCUT2D eigenvalue weighted by Crippen LogP contribution is -1.94. The van der Waals surface area contributed by atoms with Gasteiger partial charge in [-0.25, -0.2) is 9.78 Å². The lowest BCUT2D eigenvalue weighted by Gasteiger charge is -2.07. The second-order valence-electron chi connectivity index (χ2n) is 4.11. The van der Waals surface area contributed by atoms with Gasteiger partial charge in [-0.2, -0.15) is 0 Å². The maximum absolute atomic E-state index is 10.7. The Morgan fingerprint density at radius 3 is 2.29 bits per heavy atom. The fourth-order valence-corrected chi connectivity index (χ4v) is 2.06. The van der Waals surface area contributed by atoms with Crippen molar-refractivity contribution in [2.45, 2.75) is 20.8 Å². The van der Waals surface area contributed by atoms with E-state index in [1.165, 1.54) is 11.8 Å². The summed E-state index contributed by atoms with van der Waals surface area (Å²) in [7, 11) is 0. The Morgan fingerprint density at radius 2 is 1.82 bits per heavy atom. The molecule has 0 amide bonds. The van der Waals surface area contributed by atoms with Crippen molar-refractivity contribution in [1.82, 2.24) is 4.98 Å². The highest BCUT2D eigenvalue weighted by Crippen LogP contribution is 2.28. The minimum atomic E-state index is -1.15. The fraction of sp³-hybridized carbons (Fsp3) is 0.231. The molecule has 0 spiro atoms. The van der Waals surface area contributed by atoms with Gasteiger partial charge in [0.05, 0.1) is 6.20 Å². The molecule has 17 heavy (non-hydrogen) atoms. The molecule has 4 heteroatoms. The van der Waals surface area contributed by atoms with Crippen LogP contribution in [0.5, 0.6) is 0 Å². The fourth-order valence-electron chi connectivity index (χ4n) is 2.06. The molecule has 0 aliphatic rings. The molecule has 1 aromatic heterocycles. The molecule has 4 nitrogen and oxygen atoms in total. The number of rotatable bonds is 2. The van der Waals surface area contributed by atoms with E-state index in [4.69, 9.17) is 9.52 Å². The first-order chi connectivity index (χ1) is 7.99. The van der Waals surface area contributed by atoms with Crippen molar-refractivity contribution in [3.63, 3.8) is 0 Å². The molecular weight excluding hydrogens is 218 g/mol. The molecule has 0 radical (unpaired) electrons. The second-order valence-corrected chi connectivity index (χ2v) is 4.11. The number of carbonyl (C=O) groups is 1. The lowest BCUT2D eigenvalue weighted by atomic mass is 9.98. The summed E-state index contributed by atoms with van der Waals surface area (Å²) in [5.41, 5.74) is 4.18. The van der Waals surface area contributed by atoms with Crippen LogP contribution in [0.2, 0.25) is 0 Å². The number of aryl methyl sites for hydroxylation is 3. The monoisotopic (exact) mass is 231 g/mol. The Kier molecular flexibility index (Phi) is 2.71. The zero-order valence-electron chi connectivity index (χ0n) is 9.94. The average Bonchev–Trinajstić information content (AvgIpc) is 2.65. The smallest absolute Gasteiger partial charge is 0.392 e. The van der Waals surface area contributed by atoms with E-state index in [2.05, 4.69) is 4.98 Å². The van der Waals surface area contributed by atoms with Gasteiger partial charge in [-0.15, -0.1) is 0 Å². The molecule has 2 rings (SSSR count). The lowest BCUT2D eigenvalue weighted by molar-refractivity contribution is 0.0654. The van der Waals surface area contributed by atoms with E-state index in [1.54, 1.807) is 0 Å². The van der Waals surface area contributed by atoms with Gasteiger partial charge in [-0.3, -0.25) is 0 Å². The molecule has 0 atom stereocenters. The summed E-state index contributed by atoms with van der Waals surface area (Å²) in [6.45, 7) is 5.96. The number of aromatic nitrogens is 1. The minimum absolute atomic E-state index is 0.278. The van der Waals surface area contributed by atoms with Crippen molar-refractivity contribution in [2.75, 3.05) is 0 Å². The molecule has 1 aromatic carbocycles.